The van der Waals surface area contributed by atoms with Crippen LogP contribution in [0.2, 0.25) is 0 Å². The smallest absolute Gasteiger partial charge is 0.339 e. The van der Waals surface area contributed by atoms with Crippen LogP contribution in [0.15, 0.2) is 36.4 Å². The lowest BCUT2D eigenvalue weighted by molar-refractivity contribution is -0.145. The molecule has 1 aliphatic carbocycles. The zero-order valence-corrected chi connectivity index (χ0v) is 18.3. The van der Waals surface area contributed by atoms with Crippen LogP contribution in [0.25, 0.3) is 0 Å². The fourth-order valence-electron chi connectivity index (χ4n) is 6.03. The van der Waals surface area contributed by atoms with Crippen LogP contribution in [0.3, 0.4) is 0 Å². The molecule has 6 rings (SSSR count). The third-order valence-corrected chi connectivity index (χ3v) is 7.69. The van der Waals surface area contributed by atoms with E-state index >= 15 is 0 Å². The third-order valence-electron chi connectivity index (χ3n) is 7.69. The summed E-state index contributed by atoms with van der Waals surface area (Å²) in [5.74, 6) is 1.05. The van der Waals surface area contributed by atoms with Gasteiger partial charge in [0, 0.05) is 18.4 Å². The van der Waals surface area contributed by atoms with Crippen molar-refractivity contribution in [1.82, 2.24) is 4.90 Å². The van der Waals surface area contributed by atoms with Gasteiger partial charge in [0.25, 0.3) is 5.91 Å². The molecule has 2 atom stereocenters. The number of rotatable bonds is 1. The Bertz CT molecular complexity index is 1100. The summed E-state index contributed by atoms with van der Waals surface area (Å²) in [5, 5.41) is 0. The quantitative estimate of drug-likeness (QED) is 0.637. The predicted octanol–water partition coefficient (Wildman–Crippen LogP) is 3.95. The van der Waals surface area contributed by atoms with E-state index in [4.69, 9.17) is 14.2 Å². The molecule has 1 fully saturated rings. The zero-order chi connectivity index (χ0) is 21.9. The molecule has 0 bridgehead atoms. The number of cyclic esters (lactones) is 1. The van der Waals surface area contributed by atoms with Crippen molar-refractivity contribution in [2.75, 3.05) is 19.8 Å². The van der Waals surface area contributed by atoms with Crippen molar-refractivity contribution in [3.05, 3.63) is 58.7 Å². The minimum Gasteiger partial charge on any atom is -0.486 e. The molecule has 32 heavy (non-hydrogen) atoms. The van der Waals surface area contributed by atoms with Crippen molar-refractivity contribution >= 4 is 11.9 Å². The second-order valence-electron chi connectivity index (χ2n) is 9.47. The average Bonchev–Trinajstić information content (AvgIpc) is 3.29. The molecule has 2 unspecified atom stereocenters. The standard InChI is InChI=1S/C26H27NO5/c1-16-19-13-21-22(31-11-10-30-21)14-20(19)26(8-4-5-9-26)15-27(16)24(28)23-12-17-6-2-3-7-18(17)25(29)32-23/h2-3,6-7,13-14,16,23H,4-5,8-12,15H2,1H3. The van der Waals surface area contributed by atoms with E-state index < -0.39 is 12.1 Å². The van der Waals surface area contributed by atoms with Crippen molar-refractivity contribution in [1.29, 1.82) is 0 Å². The number of carbonyl (C=O) groups is 2. The molecule has 6 heteroatoms. The topological polar surface area (TPSA) is 65.1 Å². The summed E-state index contributed by atoms with van der Waals surface area (Å²) in [6.45, 7) is 3.81. The Labute approximate surface area is 187 Å². The summed E-state index contributed by atoms with van der Waals surface area (Å²) in [4.78, 5) is 28.2. The number of hydrogen-bond donors (Lipinski definition) is 0. The summed E-state index contributed by atoms with van der Waals surface area (Å²) in [6, 6.07) is 11.5. The molecule has 3 heterocycles. The van der Waals surface area contributed by atoms with Crippen molar-refractivity contribution < 1.29 is 23.8 Å². The maximum Gasteiger partial charge on any atom is 0.339 e. The SMILES string of the molecule is CC1c2cc3c(cc2C2(CCCC2)CN1C(=O)C1Cc2ccccc2C(=O)O1)OCCO3. The van der Waals surface area contributed by atoms with Crippen LogP contribution in [0.4, 0.5) is 0 Å². The fraction of sp³-hybridized carbons (Fsp3) is 0.462. The molecular weight excluding hydrogens is 406 g/mol. The van der Waals surface area contributed by atoms with Crippen LogP contribution >= 0.6 is 0 Å². The first-order chi connectivity index (χ1) is 15.6. The summed E-state index contributed by atoms with van der Waals surface area (Å²) < 4.78 is 17.4. The van der Waals surface area contributed by atoms with E-state index in [1.165, 1.54) is 5.56 Å². The second kappa shape index (κ2) is 7.26. The van der Waals surface area contributed by atoms with Gasteiger partial charge in [0.05, 0.1) is 11.6 Å². The Kier molecular flexibility index (Phi) is 4.46. The Hall–Kier alpha value is -3.02. The minimum absolute atomic E-state index is 0.0794. The highest BCUT2D eigenvalue weighted by Crippen LogP contribution is 2.52. The molecule has 0 saturated heterocycles. The molecule has 2 aromatic rings. The van der Waals surface area contributed by atoms with Gasteiger partial charge < -0.3 is 19.1 Å². The fourth-order valence-corrected chi connectivity index (χ4v) is 6.03. The van der Waals surface area contributed by atoms with E-state index in [0.29, 0.717) is 31.7 Å². The number of esters is 1. The summed E-state index contributed by atoms with van der Waals surface area (Å²) in [6.07, 6.45) is 4.03. The summed E-state index contributed by atoms with van der Waals surface area (Å²) in [7, 11) is 0. The zero-order valence-electron chi connectivity index (χ0n) is 18.3. The molecule has 166 valence electrons. The molecule has 1 saturated carbocycles. The Balaban J connectivity index is 1.37. The number of hydrogen-bond acceptors (Lipinski definition) is 5. The lowest BCUT2D eigenvalue weighted by Gasteiger charge is -2.47. The van der Waals surface area contributed by atoms with E-state index in [2.05, 4.69) is 19.1 Å². The van der Waals surface area contributed by atoms with Crippen LogP contribution in [0, 0.1) is 0 Å². The normalized spacial score (nSPS) is 25.2. The summed E-state index contributed by atoms with van der Waals surface area (Å²) in [5.41, 5.74) is 3.77. The molecule has 3 aliphatic heterocycles. The second-order valence-corrected chi connectivity index (χ2v) is 9.47. The van der Waals surface area contributed by atoms with Crippen LogP contribution < -0.4 is 9.47 Å². The molecule has 0 N–H and O–H groups in total. The van der Waals surface area contributed by atoms with Gasteiger partial charge in [-0.05, 0) is 54.7 Å². The van der Waals surface area contributed by atoms with Gasteiger partial charge in [0.1, 0.15) is 13.2 Å². The molecule has 0 aromatic heterocycles. The van der Waals surface area contributed by atoms with Gasteiger partial charge >= 0.3 is 5.97 Å². The van der Waals surface area contributed by atoms with E-state index in [-0.39, 0.29) is 17.4 Å². The third kappa shape index (κ3) is 2.92. The van der Waals surface area contributed by atoms with Crippen LogP contribution in [-0.2, 0) is 21.4 Å². The molecular formula is C26H27NO5. The van der Waals surface area contributed by atoms with Gasteiger partial charge in [-0.25, -0.2) is 4.79 Å². The molecule has 4 aliphatic rings. The van der Waals surface area contributed by atoms with Gasteiger partial charge in [-0.15, -0.1) is 0 Å². The Morgan fingerprint density at radius 3 is 2.56 bits per heavy atom. The molecule has 2 aromatic carbocycles. The van der Waals surface area contributed by atoms with Gasteiger partial charge in [0.2, 0.25) is 0 Å². The highest BCUT2D eigenvalue weighted by Gasteiger charge is 2.48. The van der Waals surface area contributed by atoms with Crippen LogP contribution in [-0.4, -0.2) is 42.6 Å². The average molecular weight is 434 g/mol. The molecule has 0 radical (unpaired) electrons. The summed E-state index contributed by atoms with van der Waals surface area (Å²) >= 11 is 0. The van der Waals surface area contributed by atoms with Crippen molar-refractivity contribution in [2.45, 2.75) is 56.6 Å². The van der Waals surface area contributed by atoms with E-state index in [9.17, 15) is 9.59 Å². The van der Waals surface area contributed by atoms with Crippen molar-refractivity contribution in [2.24, 2.45) is 0 Å². The van der Waals surface area contributed by atoms with Crippen LogP contribution in [0.1, 0.15) is 65.7 Å². The maximum atomic E-state index is 13.8. The first-order valence-corrected chi connectivity index (χ1v) is 11.6. The number of benzene rings is 2. The number of carbonyl (C=O) groups excluding carboxylic acids is 2. The molecule has 6 nitrogen and oxygen atoms in total. The molecule has 1 amide bonds. The van der Waals surface area contributed by atoms with E-state index in [1.807, 2.05) is 23.1 Å². The number of ether oxygens (including phenoxy) is 3. The van der Waals surface area contributed by atoms with Crippen molar-refractivity contribution in [3.8, 4) is 11.5 Å². The van der Waals surface area contributed by atoms with Crippen LogP contribution in [0.5, 0.6) is 11.5 Å². The van der Waals surface area contributed by atoms with E-state index in [0.717, 1.165) is 48.3 Å². The molecule has 1 spiro atoms. The first-order valence-electron chi connectivity index (χ1n) is 11.6. The van der Waals surface area contributed by atoms with Gasteiger partial charge in [0.15, 0.2) is 17.6 Å². The largest absolute Gasteiger partial charge is 0.486 e. The minimum atomic E-state index is -0.780. The number of fused-ring (bicyclic) bond motifs is 4. The van der Waals surface area contributed by atoms with Crippen molar-refractivity contribution in [3.63, 3.8) is 0 Å². The Morgan fingerprint density at radius 1 is 1.06 bits per heavy atom. The lowest BCUT2D eigenvalue weighted by Crippen LogP contribution is -2.53. The Morgan fingerprint density at radius 2 is 1.78 bits per heavy atom. The number of amides is 1. The first kappa shape index (κ1) is 19.6. The predicted molar refractivity (Wildman–Crippen MR) is 117 cm³/mol. The number of nitrogens with zero attached hydrogens (tertiary/aromatic N) is 1. The monoisotopic (exact) mass is 433 g/mol. The highest BCUT2D eigenvalue weighted by molar-refractivity contribution is 5.96. The van der Waals surface area contributed by atoms with Gasteiger partial charge in [-0.1, -0.05) is 31.0 Å². The van der Waals surface area contributed by atoms with Gasteiger partial charge in [-0.2, -0.15) is 0 Å². The maximum absolute atomic E-state index is 13.8. The highest BCUT2D eigenvalue weighted by atomic mass is 16.6. The van der Waals surface area contributed by atoms with Gasteiger partial charge in [-0.3, -0.25) is 4.79 Å². The lowest BCUT2D eigenvalue weighted by atomic mass is 9.71. The van der Waals surface area contributed by atoms with E-state index in [1.54, 1.807) is 6.07 Å².